The predicted octanol–water partition coefficient (Wildman–Crippen LogP) is 6.06. The number of hydrogen-bond donors (Lipinski definition) is 2. The maximum Gasteiger partial charge on any atom is 0.263 e. The monoisotopic (exact) mass is 431 g/mol. The quantitative estimate of drug-likeness (QED) is 0.449. The summed E-state index contributed by atoms with van der Waals surface area (Å²) >= 11 is 3.45. The Bertz CT molecular complexity index is 654. The zero-order valence-corrected chi connectivity index (χ0v) is 17.6. The molecule has 0 aromatic heterocycles. The van der Waals surface area contributed by atoms with Gasteiger partial charge in [-0.15, -0.1) is 0 Å². The Morgan fingerprint density at radius 2 is 1.56 bits per heavy atom. The van der Waals surface area contributed by atoms with Gasteiger partial charge in [0.1, 0.15) is 11.6 Å². The minimum atomic E-state index is -0.283. The van der Waals surface area contributed by atoms with E-state index in [1.54, 1.807) is 0 Å². The smallest absolute Gasteiger partial charge is 0.263 e. The van der Waals surface area contributed by atoms with Crippen LogP contribution in [-0.2, 0) is 4.79 Å². The Labute approximate surface area is 171 Å². The summed E-state index contributed by atoms with van der Waals surface area (Å²) in [5.41, 5.74) is 0.931. The minimum absolute atomic E-state index is 0.108. The van der Waals surface area contributed by atoms with E-state index in [0.717, 1.165) is 35.8 Å². The van der Waals surface area contributed by atoms with E-state index in [9.17, 15) is 10.1 Å². The van der Waals surface area contributed by atoms with Crippen LogP contribution in [-0.4, -0.2) is 11.9 Å². The summed E-state index contributed by atoms with van der Waals surface area (Å²) < 4.78 is 0.887. The average Bonchev–Trinajstić information content (AvgIpc) is 2.66. The third-order valence-corrected chi connectivity index (χ3v) is 5.74. The summed E-state index contributed by atoms with van der Waals surface area (Å²) in [5, 5.41) is 15.5. The van der Waals surface area contributed by atoms with E-state index in [1.165, 1.54) is 51.1 Å². The van der Waals surface area contributed by atoms with Gasteiger partial charge < -0.3 is 10.6 Å². The maximum atomic E-state index is 12.6. The van der Waals surface area contributed by atoms with Crippen molar-refractivity contribution >= 4 is 27.5 Å². The third-order valence-electron chi connectivity index (χ3n) is 5.05. The van der Waals surface area contributed by atoms with Crippen LogP contribution in [0.2, 0.25) is 0 Å². The first kappa shape index (κ1) is 21.5. The SMILES string of the molecule is N#C/C(=C/Nc1ccccc1Br)C(=O)NC1CCCCCCCCCCC1. The molecule has 2 N–H and O–H groups in total. The highest BCUT2D eigenvalue weighted by atomic mass is 79.9. The first-order chi connectivity index (χ1) is 13.2. The summed E-state index contributed by atoms with van der Waals surface area (Å²) in [7, 11) is 0. The second-order valence-corrected chi connectivity index (χ2v) is 8.08. The Kier molecular flexibility index (Phi) is 10.0. The van der Waals surface area contributed by atoms with Gasteiger partial charge in [0.05, 0.1) is 5.69 Å². The van der Waals surface area contributed by atoms with Crippen LogP contribution in [0.1, 0.15) is 70.6 Å². The molecule has 1 aromatic rings. The van der Waals surface area contributed by atoms with Gasteiger partial charge in [-0.05, 0) is 40.9 Å². The highest BCUT2D eigenvalue weighted by Gasteiger charge is 2.16. The number of carbonyl (C=O) groups excluding carboxylic acids is 1. The summed E-state index contributed by atoms with van der Waals surface area (Å²) in [6.07, 6.45) is 14.9. The lowest BCUT2D eigenvalue weighted by molar-refractivity contribution is -0.117. The van der Waals surface area contributed by atoms with Gasteiger partial charge in [0.25, 0.3) is 5.91 Å². The Morgan fingerprint density at radius 3 is 2.11 bits per heavy atom. The number of nitriles is 1. The number of carbonyl (C=O) groups is 1. The first-order valence-corrected chi connectivity index (χ1v) is 10.9. The summed E-state index contributed by atoms with van der Waals surface area (Å²) in [6, 6.07) is 9.80. The lowest BCUT2D eigenvalue weighted by Gasteiger charge is -2.19. The lowest BCUT2D eigenvalue weighted by Crippen LogP contribution is -2.35. The van der Waals surface area contributed by atoms with Gasteiger partial charge in [0.15, 0.2) is 0 Å². The fourth-order valence-corrected chi connectivity index (χ4v) is 3.85. The van der Waals surface area contributed by atoms with Crippen LogP contribution >= 0.6 is 15.9 Å². The van der Waals surface area contributed by atoms with Crippen LogP contribution in [0, 0.1) is 11.3 Å². The van der Waals surface area contributed by atoms with Gasteiger partial charge in [-0.3, -0.25) is 4.79 Å². The molecule has 1 saturated carbocycles. The topological polar surface area (TPSA) is 64.9 Å². The normalized spacial score (nSPS) is 17.9. The van der Waals surface area contributed by atoms with Crippen molar-refractivity contribution in [2.45, 2.75) is 76.7 Å². The molecule has 2 rings (SSSR count). The molecule has 1 aromatic carbocycles. The highest BCUT2D eigenvalue weighted by Crippen LogP contribution is 2.21. The van der Waals surface area contributed by atoms with E-state index in [1.807, 2.05) is 30.3 Å². The van der Waals surface area contributed by atoms with Crippen LogP contribution in [0.4, 0.5) is 5.69 Å². The number of hydrogen-bond acceptors (Lipinski definition) is 3. The van der Waals surface area contributed by atoms with Gasteiger partial charge in [-0.25, -0.2) is 0 Å². The summed E-state index contributed by atoms with van der Waals surface area (Å²) in [6.45, 7) is 0. The second kappa shape index (κ2) is 12.6. The maximum absolute atomic E-state index is 12.6. The van der Waals surface area contributed by atoms with Gasteiger partial charge in [-0.1, -0.05) is 69.9 Å². The third kappa shape index (κ3) is 8.17. The summed E-state index contributed by atoms with van der Waals surface area (Å²) in [4.78, 5) is 12.6. The molecule has 1 aliphatic rings. The number of nitrogens with zero attached hydrogens (tertiary/aromatic N) is 1. The fourth-order valence-electron chi connectivity index (χ4n) is 3.45. The predicted molar refractivity (Wildman–Crippen MR) is 114 cm³/mol. The lowest BCUT2D eigenvalue weighted by atomic mass is 9.98. The molecule has 0 aliphatic heterocycles. The van der Waals surface area contributed by atoms with Crippen molar-refractivity contribution in [2.24, 2.45) is 0 Å². The van der Waals surface area contributed by atoms with Crippen LogP contribution in [0.15, 0.2) is 40.5 Å². The zero-order chi connectivity index (χ0) is 19.3. The molecule has 0 saturated heterocycles. The number of rotatable bonds is 4. The van der Waals surface area contributed by atoms with Crippen LogP contribution in [0.3, 0.4) is 0 Å². The molecule has 0 spiro atoms. The van der Waals surface area contributed by atoms with Crippen molar-refractivity contribution in [3.63, 3.8) is 0 Å². The molecule has 27 heavy (non-hydrogen) atoms. The van der Waals surface area contributed by atoms with Crippen LogP contribution in [0.25, 0.3) is 0 Å². The largest absolute Gasteiger partial charge is 0.359 e. The van der Waals surface area contributed by atoms with Crippen molar-refractivity contribution in [1.29, 1.82) is 5.26 Å². The Morgan fingerprint density at radius 1 is 1.00 bits per heavy atom. The highest BCUT2D eigenvalue weighted by molar-refractivity contribution is 9.10. The molecule has 4 nitrogen and oxygen atoms in total. The van der Waals surface area contributed by atoms with Crippen molar-refractivity contribution in [1.82, 2.24) is 5.32 Å². The average molecular weight is 432 g/mol. The minimum Gasteiger partial charge on any atom is -0.359 e. The fraction of sp³-hybridized carbons (Fsp3) is 0.545. The zero-order valence-electron chi connectivity index (χ0n) is 16.0. The van der Waals surface area contributed by atoms with Crippen LogP contribution < -0.4 is 10.6 Å². The molecule has 0 heterocycles. The molecular weight excluding hydrogens is 402 g/mol. The van der Waals surface area contributed by atoms with Crippen LogP contribution in [0.5, 0.6) is 0 Å². The number of benzene rings is 1. The van der Waals surface area contributed by atoms with Crippen molar-refractivity contribution in [3.05, 3.63) is 40.5 Å². The van der Waals surface area contributed by atoms with Crippen molar-refractivity contribution < 1.29 is 4.79 Å². The Balaban J connectivity index is 1.93. The molecule has 1 fully saturated rings. The van der Waals surface area contributed by atoms with E-state index in [-0.39, 0.29) is 17.5 Å². The molecule has 0 unspecified atom stereocenters. The van der Waals surface area contributed by atoms with E-state index in [4.69, 9.17) is 0 Å². The Hall–Kier alpha value is -1.80. The van der Waals surface area contributed by atoms with Gasteiger partial charge in [0.2, 0.25) is 0 Å². The molecular formula is C22H30BrN3O. The van der Waals surface area contributed by atoms with Crippen molar-refractivity contribution in [2.75, 3.05) is 5.32 Å². The standard InChI is InChI=1S/C22H30BrN3O/c23-20-14-10-11-15-21(20)25-17-18(16-24)22(27)26-19-12-8-6-4-2-1-3-5-7-9-13-19/h10-11,14-15,17,19,25H,1-9,12-13H2,(H,26,27)/b18-17-. The molecule has 0 atom stereocenters. The molecule has 5 heteroatoms. The van der Waals surface area contributed by atoms with E-state index in [0.29, 0.717) is 0 Å². The number of amides is 1. The number of halogens is 1. The number of nitrogens with one attached hydrogen (secondary N) is 2. The van der Waals surface area contributed by atoms with Crippen molar-refractivity contribution in [3.8, 4) is 6.07 Å². The molecule has 1 aliphatic carbocycles. The van der Waals surface area contributed by atoms with Gasteiger partial charge >= 0.3 is 0 Å². The first-order valence-electron chi connectivity index (χ1n) is 10.1. The molecule has 0 radical (unpaired) electrons. The molecule has 146 valence electrons. The van der Waals surface area contributed by atoms with Gasteiger partial charge in [0, 0.05) is 16.7 Å². The number of anilines is 1. The van der Waals surface area contributed by atoms with E-state index in [2.05, 4.69) is 26.6 Å². The van der Waals surface area contributed by atoms with Gasteiger partial charge in [-0.2, -0.15) is 5.26 Å². The second-order valence-electron chi connectivity index (χ2n) is 7.22. The van der Waals surface area contributed by atoms with E-state index < -0.39 is 0 Å². The summed E-state index contributed by atoms with van der Waals surface area (Å²) in [5.74, 6) is -0.283. The number of para-hydroxylation sites is 1. The molecule has 0 bridgehead atoms. The van der Waals surface area contributed by atoms with E-state index >= 15 is 0 Å². The molecule has 1 amide bonds.